The van der Waals surface area contributed by atoms with Crippen LogP contribution in [0.15, 0.2) is 18.3 Å². The van der Waals surface area contributed by atoms with E-state index in [-0.39, 0.29) is 11.3 Å². The SMILES string of the molecule is CC(C)(C)C1CCN(C(=O)c2ccnc(CN)c2)C1. The van der Waals surface area contributed by atoms with E-state index in [1.54, 1.807) is 18.3 Å². The number of nitrogens with two attached hydrogens (primary N) is 1. The predicted octanol–water partition coefficient (Wildman–Crippen LogP) is 2.05. The summed E-state index contributed by atoms with van der Waals surface area (Å²) in [6.07, 6.45) is 2.75. The Labute approximate surface area is 115 Å². The molecule has 1 aliphatic heterocycles. The summed E-state index contributed by atoms with van der Waals surface area (Å²) in [5.41, 5.74) is 7.28. The minimum atomic E-state index is 0.101. The highest BCUT2D eigenvalue weighted by molar-refractivity contribution is 5.94. The first-order valence-corrected chi connectivity index (χ1v) is 6.86. The van der Waals surface area contributed by atoms with Crippen LogP contribution in [0, 0.1) is 11.3 Å². The second-order valence-electron chi connectivity index (χ2n) is 6.34. The van der Waals surface area contributed by atoms with E-state index < -0.39 is 0 Å². The van der Waals surface area contributed by atoms with Gasteiger partial charge in [0.05, 0.1) is 5.69 Å². The number of carbonyl (C=O) groups is 1. The molecule has 1 aromatic heterocycles. The Morgan fingerprint density at radius 3 is 2.84 bits per heavy atom. The molecular formula is C15H23N3O. The van der Waals surface area contributed by atoms with Crippen molar-refractivity contribution in [1.82, 2.24) is 9.88 Å². The van der Waals surface area contributed by atoms with Crippen molar-refractivity contribution in [3.05, 3.63) is 29.6 Å². The van der Waals surface area contributed by atoms with E-state index >= 15 is 0 Å². The molecule has 1 fully saturated rings. The van der Waals surface area contributed by atoms with E-state index in [2.05, 4.69) is 25.8 Å². The van der Waals surface area contributed by atoms with Crippen molar-refractivity contribution >= 4 is 5.91 Å². The average molecular weight is 261 g/mol. The molecule has 0 aromatic carbocycles. The van der Waals surface area contributed by atoms with Gasteiger partial charge in [0.2, 0.25) is 0 Å². The molecule has 0 bridgehead atoms. The van der Waals surface area contributed by atoms with Crippen molar-refractivity contribution < 1.29 is 4.79 Å². The summed E-state index contributed by atoms with van der Waals surface area (Å²) >= 11 is 0. The van der Waals surface area contributed by atoms with Crippen molar-refractivity contribution in [1.29, 1.82) is 0 Å². The molecule has 2 heterocycles. The van der Waals surface area contributed by atoms with Crippen LogP contribution in [0.25, 0.3) is 0 Å². The fourth-order valence-corrected chi connectivity index (χ4v) is 2.56. The Balaban J connectivity index is 2.09. The Morgan fingerprint density at radius 1 is 1.53 bits per heavy atom. The van der Waals surface area contributed by atoms with Gasteiger partial charge in [-0.15, -0.1) is 0 Å². The fraction of sp³-hybridized carbons (Fsp3) is 0.600. The van der Waals surface area contributed by atoms with Crippen molar-refractivity contribution in [2.24, 2.45) is 17.1 Å². The monoisotopic (exact) mass is 261 g/mol. The zero-order valence-electron chi connectivity index (χ0n) is 12.0. The maximum Gasteiger partial charge on any atom is 0.253 e. The van der Waals surface area contributed by atoms with Gasteiger partial charge in [-0.3, -0.25) is 9.78 Å². The molecular weight excluding hydrogens is 238 g/mol. The van der Waals surface area contributed by atoms with Gasteiger partial charge in [-0.05, 0) is 29.9 Å². The predicted molar refractivity (Wildman–Crippen MR) is 75.6 cm³/mol. The van der Waals surface area contributed by atoms with Crippen molar-refractivity contribution in [3.63, 3.8) is 0 Å². The minimum absolute atomic E-state index is 0.101. The van der Waals surface area contributed by atoms with Gasteiger partial charge < -0.3 is 10.6 Å². The number of likely N-dealkylation sites (tertiary alicyclic amines) is 1. The van der Waals surface area contributed by atoms with E-state index in [1.165, 1.54) is 0 Å². The van der Waals surface area contributed by atoms with E-state index in [1.807, 2.05) is 4.90 Å². The molecule has 1 unspecified atom stereocenters. The Kier molecular flexibility index (Phi) is 3.90. The summed E-state index contributed by atoms with van der Waals surface area (Å²) in [6, 6.07) is 3.57. The van der Waals surface area contributed by atoms with E-state index in [0.717, 1.165) is 25.2 Å². The largest absolute Gasteiger partial charge is 0.338 e. The molecule has 1 atom stereocenters. The van der Waals surface area contributed by atoms with Crippen LogP contribution in [0.4, 0.5) is 0 Å². The number of nitrogens with zero attached hydrogens (tertiary/aromatic N) is 2. The van der Waals surface area contributed by atoms with Gasteiger partial charge in [-0.2, -0.15) is 0 Å². The number of hydrogen-bond acceptors (Lipinski definition) is 3. The van der Waals surface area contributed by atoms with E-state index in [4.69, 9.17) is 5.73 Å². The number of pyridine rings is 1. The van der Waals surface area contributed by atoms with Gasteiger partial charge in [0.15, 0.2) is 0 Å². The third-order valence-electron chi connectivity index (χ3n) is 3.97. The lowest BCUT2D eigenvalue weighted by Gasteiger charge is -2.27. The second-order valence-corrected chi connectivity index (χ2v) is 6.34. The van der Waals surface area contributed by atoms with Gasteiger partial charge in [0.1, 0.15) is 0 Å². The summed E-state index contributed by atoms with van der Waals surface area (Å²) in [4.78, 5) is 18.5. The number of amides is 1. The highest BCUT2D eigenvalue weighted by atomic mass is 16.2. The van der Waals surface area contributed by atoms with Crippen LogP contribution < -0.4 is 5.73 Å². The highest BCUT2D eigenvalue weighted by Gasteiger charge is 2.34. The Hall–Kier alpha value is -1.42. The maximum atomic E-state index is 12.4. The zero-order chi connectivity index (χ0) is 14.0. The Morgan fingerprint density at radius 2 is 2.26 bits per heavy atom. The van der Waals surface area contributed by atoms with Crippen LogP contribution in [0.2, 0.25) is 0 Å². The lowest BCUT2D eigenvalue weighted by atomic mass is 9.80. The summed E-state index contributed by atoms with van der Waals surface area (Å²) in [6.45, 7) is 8.79. The highest BCUT2D eigenvalue weighted by Crippen LogP contribution is 2.34. The zero-order valence-corrected chi connectivity index (χ0v) is 12.0. The molecule has 2 N–H and O–H groups in total. The maximum absolute atomic E-state index is 12.4. The van der Waals surface area contributed by atoms with Gasteiger partial charge >= 0.3 is 0 Å². The van der Waals surface area contributed by atoms with E-state index in [0.29, 0.717) is 18.0 Å². The summed E-state index contributed by atoms with van der Waals surface area (Å²) in [5.74, 6) is 0.677. The summed E-state index contributed by atoms with van der Waals surface area (Å²) < 4.78 is 0. The van der Waals surface area contributed by atoms with Crippen molar-refractivity contribution in [3.8, 4) is 0 Å². The summed E-state index contributed by atoms with van der Waals surface area (Å²) in [7, 11) is 0. The van der Waals surface area contributed by atoms with Crippen LogP contribution >= 0.6 is 0 Å². The van der Waals surface area contributed by atoms with Gasteiger partial charge in [-0.1, -0.05) is 20.8 Å². The van der Waals surface area contributed by atoms with Crippen molar-refractivity contribution in [2.75, 3.05) is 13.1 Å². The topological polar surface area (TPSA) is 59.2 Å². The molecule has 0 aliphatic carbocycles. The molecule has 1 amide bonds. The first-order valence-electron chi connectivity index (χ1n) is 6.86. The molecule has 1 saturated heterocycles. The fourth-order valence-electron chi connectivity index (χ4n) is 2.56. The van der Waals surface area contributed by atoms with Crippen LogP contribution in [0.1, 0.15) is 43.2 Å². The molecule has 1 aromatic rings. The van der Waals surface area contributed by atoms with E-state index in [9.17, 15) is 4.79 Å². The molecule has 4 heteroatoms. The lowest BCUT2D eigenvalue weighted by Crippen LogP contribution is -2.31. The number of rotatable bonds is 2. The number of aromatic nitrogens is 1. The molecule has 19 heavy (non-hydrogen) atoms. The number of hydrogen-bond donors (Lipinski definition) is 1. The van der Waals surface area contributed by atoms with Gasteiger partial charge in [0, 0.05) is 31.4 Å². The Bertz CT molecular complexity index is 465. The standard InChI is InChI=1S/C15H23N3O/c1-15(2,3)12-5-7-18(10-12)14(19)11-4-6-17-13(8-11)9-16/h4,6,8,12H,5,7,9-10,16H2,1-3H3. The first kappa shape index (κ1) is 14.0. The van der Waals surface area contributed by atoms with Crippen LogP contribution in [0.3, 0.4) is 0 Å². The molecule has 2 rings (SSSR count). The molecule has 0 spiro atoms. The third kappa shape index (κ3) is 3.13. The summed E-state index contributed by atoms with van der Waals surface area (Å²) in [5, 5.41) is 0. The minimum Gasteiger partial charge on any atom is -0.338 e. The molecule has 0 radical (unpaired) electrons. The normalized spacial score (nSPS) is 19.8. The smallest absolute Gasteiger partial charge is 0.253 e. The average Bonchev–Trinajstić information content (AvgIpc) is 2.87. The quantitative estimate of drug-likeness (QED) is 0.886. The van der Waals surface area contributed by atoms with Crippen LogP contribution in [0.5, 0.6) is 0 Å². The number of carbonyl (C=O) groups excluding carboxylic acids is 1. The molecule has 0 saturated carbocycles. The van der Waals surface area contributed by atoms with Crippen LogP contribution in [-0.4, -0.2) is 28.9 Å². The molecule has 4 nitrogen and oxygen atoms in total. The van der Waals surface area contributed by atoms with Gasteiger partial charge in [-0.25, -0.2) is 0 Å². The first-order chi connectivity index (χ1) is 8.91. The second kappa shape index (κ2) is 5.29. The third-order valence-corrected chi connectivity index (χ3v) is 3.97. The van der Waals surface area contributed by atoms with Crippen LogP contribution in [-0.2, 0) is 6.54 Å². The van der Waals surface area contributed by atoms with Crippen molar-refractivity contribution in [2.45, 2.75) is 33.7 Å². The lowest BCUT2D eigenvalue weighted by molar-refractivity contribution is 0.0776. The molecule has 1 aliphatic rings. The van der Waals surface area contributed by atoms with Gasteiger partial charge in [0.25, 0.3) is 5.91 Å². The molecule has 104 valence electrons.